The highest BCUT2D eigenvalue weighted by Gasteiger charge is 2.15. The van der Waals surface area contributed by atoms with Gasteiger partial charge in [-0.2, -0.15) is 0 Å². The summed E-state index contributed by atoms with van der Waals surface area (Å²) < 4.78 is 10.3. The van der Waals surface area contributed by atoms with Crippen LogP contribution >= 0.6 is 0 Å². The largest absolute Gasteiger partial charge is 0.462 e. The molecule has 0 rings (SSSR count). The normalized spacial score (nSPS) is 13.3. The molecule has 0 saturated carbocycles. The van der Waals surface area contributed by atoms with Crippen LogP contribution in [0.5, 0.6) is 0 Å². The Kier molecular flexibility index (Phi) is 25.9. The highest BCUT2D eigenvalue weighted by molar-refractivity contribution is 5.70. The molecule has 0 aliphatic rings. The summed E-state index contributed by atoms with van der Waals surface area (Å²) in [5.41, 5.74) is 0. The number of carbonyl (C=O) groups excluding carboxylic acids is 2. The van der Waals surface area contributed by atoms with Gasteiger partial charge in [0, 0.05) is 12.8 Å². The Labute approximate surface area is 225 Å². The summed E-state index contributed by atoms with van der Waals surface area (Å²) in [6.45, 7) is 3.79. The molecule has 0 fully saturated rings. The van der Waals surface area contributed by atoms with Gasteiger partial charge in [-0.15, -0.1) is 0 Å². The Bertz CT molecular complexity index is 727. The minimum absolute atomic E-state index is 0.102. The highest BCUT2D eigenvalue weighted by Crippen LogP contribution is 2.05. The molecular formula is C32H50O5. The van der Waals surface area contributed by atoms with Gasteiger partial charge in [-0.3, -0.25) is 9.59 Å². The van der Waals surface area contributed by atoms with Crippen molar-refractivity contribution < 1.29 is 24.2 Å². The molecule has 0 aromatic carbocycles. The zero-order valence-electron chi connectivity index (χ0n) is 23.2. The number of aliphatic hydroxyl groups is 1. The number of ether oxygens (including phenoxy) is 2. The van der Waals surface area contributed by atoms with E-state index >= 15 is 0 Å². The Morgan fingerprint density at radius 2 is 1.16 bits per heavy atom. The van der Waals surface area contributed by atoms with Crippen molar-refractivity contribution in [3.63, 3.8) is 0 Å². The number of aliphatic hydroxyl groups excluding tert-OH is 1. The maximum Gasteiger partial charge on any atom is 0.306 e. The first-order chi connectivity index (χ1) is 18.1. The van der Waals surface area contributed by atoms with E-state index in [0.717, 1.165) is 64.2 Å². The van der Waals surface area contributed by atoms with E-state index in [1.165, 1.54) is 0 Å². The molecule has 0 radical (unpaired) electrons. The van der Waals surface area contributed by atoms with Crippen molar-refractivity contribution in [1.29, 1.82) is 0 Å². The van der Waals surface area contributed by atoms with E-state index in [4.69, 9.17) is 9.47 Å². The SMILES string of the molecule is CC/C=C\C/C=C\C/C=C\C/C=C\C/C=C\C/C=C\CCC(=O)OC(CO)COC(=O)CCCCCC. The van der Waals surface area contributed by atoms with E-state index in [0.29, 0.717) is 12.8 Å². The van der Waals surface area contributed by atoms with Crippen LogP contribution < -0.4 is 0 Å². The van der Waals surface area contributed by atoms with Crippen LogP contribution in [-0.2, 0) is 19.1 Å². The maximum absolute atomic E-state index is 11.9. The summed E-state index contributed by atoms with van der Waals surface area (Å²) in [6, 6.07) is 0. The van der Waals surface area contributed by atoms with Crippen LogP contribution in [0.3, 0.4) is 0 Å². The fraction of sp³-hybridized carbons (Fsp3) is 0.562. The highest BCUT2D eigenvalue weighted by atomic mass is 16.6. The van der Waals surface area contributed by atoms with E-state index in [1.54, 1.807) is 0 Å². The Morgan fingerprint density at radius 1 is 0.649 bits per heavy atom. The van der Waals surface area contributed by atoms with Gasteiger partial charge in [0.2, 0.25) is 0 Å². The van der Waals surface area contributed by atoms with Crippen molar-refractivity contribution in [3.8, 4) is 0 Å². The van der Waals surface area contributed by atoms with E-state index in [1.807, 2.05) is 12.2 Å². The maximum atomic E-state index is 11.9. The molecule has 1 N–H and O–H groups in total. The first-order valence-corrected chi connectivity index (χ1v) is 14.0. The minimum atomic E-state index is -0.808. The lowest BCUT2D eigenvalue weighted by molar-refractivity contribution is -0.161. The van der Waals surface area contributed by atoms with Crippen LogP contribution in [0.15, 0.2) is 72.9 Å². The van der Waals surface area contributed by atoms with Crippen LogP contribution in [0.25, 0.3) is 0 Å². The molecule has 1 atom stereocenters. The lowest BCUT2D eigenvalue weighted by Crippen LogP contribution is -2.28. The third-order valence-electron chi connectivity index (χ3n) is 5.28. The molecule has 208 valence electrons. The van der Waals surface area contributed by atoms with Crippen molar-refractivity contribution >= 4 is 11.9 Å². The predicted octanol–water partition coefficient (Wildman–Crippen LogP) is 7.88. The number of carbonyl (C=O) groups is 2. The summed E-state index contributed by atoms with van der Waals surface area (Å²) in [6.07, 6.45) is 35.8. The van der Waals surface area contributed by atoms with Gasteiger partial charge in [0.05, 0.1) is 6.61 Å². The van der Waals surface area contributed by atoms with Gasteiger partial charge < -0.3 is 14.6 Å². The number of esters is 2. The molecule has 1 unspecified atom stereocenters. The number of hydrogen-bond donors (Lipinski definition) is 1. The van der Waals surface area contributed by atoms with Crippen LogP contribution in [0.2, 0.25) is 0 Å². The molecule has 5 heteroatoms. The van der Waals surface area contributed by atoms with Gasteiger partial charge in [-0.25, -0.2) is 0 Å². The zero-order valence-corrected chi connectivity index (χ0v) is 23.2. The summed E-state index contributed by atoms with van der Waals surface area (Å²) >= 11 is 0. The number of unbranched alkanes of at least 4 members (excludes halogenated alkanes) is 3. The van der Waals surface area contributed by atoms with Crippen LogP contribution in [0.4, 0.5) is 0 Å². The topological polar surface area (TPSA) is 72.8 Å². The standard InChI is InChI=1S/C32H50O5/c1-3-5-7-9-10-11-12-13-14-15-16-17-18-19-20-21-22-23-25-27-32(35)37-30(28-33)29-36-31(34)26-24-8-6-4-2/h5,7,10-11,13-14,16-17,19-20,22-23,30,33H,3-4,6,8-9,12,15,18,21,24-29H2,1-2H3/b7-5-,11-10-,14-13-,17-16-,20-19-,23-22-. The fourth-order valence-corrected chi connectivity index (χ4v) is 3.16. The van der Waals surface area contributed by atoms with Gasteiger partial charge in [-0.1, -0.05) is 106 Å². The third kappa shape index (κ3) is 26.2. The second-order valence-electron chi connectivity index (χ2n) is 8.74. The molecule has 0 aromatic rings. The first kappa shape index (κ1) is 34.3. The summed E-state index contributed by atoms with van der Waals surface area (Å²) in [7, 11) is 0. The van der Waals surface area contributed by atoms with Gasteiger partial charge in [0.1, 0.15) is 6.61 Å². The summed E-state index contributed by atoms with van der Waals surface area (Å²) in [5.74, 6) is -0.721. The lowest BCUT2D eigenvalue weighted by Gasteiger charge is -2.15. The summed E-state index contributed by atoms with van der Waals surface area (Å²) in [5, 5.41) is 9.37. The van der Waals surface area contributed by atoms with Gasteiger partial charge in [-0.05, 0) is 51.4 Å². The fourth-order valence-electron chi connectivity index (χ4n) is 3.16. The van der Waals surface area contributed by atoms with Crippen LogP contribution in [-0.4, -0.2) is 36.4 Å². The molecule has 0 amide bonds. The number of hydrogen-bond acceptors (Lipinski definition) is 5. The molecule has 0 aliphatic heterocycles. The second kappa shape index (κ2) is 27.9. The van der Waals surface area contributed by atoms with Crippen LogP contribution in [0, 0.1) is 0 Å². The zero-order chi connectivity index (χ0) is 27.2. The molecule has 0 bridgehead atoms. The van der Waals surface area contributed by atoms with Crippen LogP contribution in [0.1, 0.15) is 97.3 Å². The molecule has 37 heavy (non-hydrogen) atoms. The molecule has 5 nitrogen and oxygen atoms in total. The van der Waals surface area contributed by atoms with Crippen molar-refractivity contribution in [2.24, 2.45) is 0 Å². The van der Waals surface area contributed by atoms with Crippen molar-refractivity contribution in [1.82, 2.24) is 0 Å². The quantitative estimate of drug-likeness (QED) is 0.0853. The van der Waals surface area contributed by atoms with Gasteiger partial charge in [0.25, 0.3) is 0 Å². The lowest BCUT2D eigenvalue weighted by atomic mass is 10.2. The second-order valence-corrected chi connectivity index (χ2v) is 8.74. The van der Waals surface area contributed by atoms with Gasteiger partial charge in [0.15, 0.2) is 6.10 Å². The molecule has 0 aromatic heterocycles. The number of allylic oxidation sites excluding steroid dienone is 12. The van der Waals surface area contributed by atoms with Crippen molar-refractivity contribution in [2.75, 3.05) is 13.2 Å². The molecule has 0 saturated heterocycles. The van der Waals surface area contributed by atoms with E-state index in [9.17, 15) is 14.7 Å². The third-order valence-corrected chi connectivity index (χ3v) is 5.28. The number of rotatable bonds is 23. The average Bonchev–Trinajstić information content (AvgIpc) is 2.90. The Hall–Kier alpha value is -2.66. The Balaban J connectivity index is 3.81. The molecule has 0 heterocycles. The van der Waals surface area contributed by atoms with E-state index in [2.05, 4.69) is 74.6 Å². The van der Waals surface area contributed by atoms with Crippen molar-refractivity contribution in [3.05, 3.63) is 72.9 Å². The molecule has 0 spiro atoms. The summed E-state index contributed by atoms with van der Waals surface area (Å²) in [4.78, 5) is 23.6. The smallest absolute Gasteiger partial charge is 0.306 e. The monoisotopic (exact) mass is 514 g/mol. The van der Waals surface area contributed by atoms with Gasteiger partial charge >= 0.3 is 11.9 Å². The Morgan fingerprint density at radius 3 is 1.65 bits per heavy atom. The van der Waals surface area contributed by atoms with E-state index in [-0.39, 0.29) is 25.6 Å². The minimum Gasteiger partial charge on any atom is -0.462 e. The first-order valence-electron chi connectivity index (χ1n) is 14.0. The van der Waals surface area contributed by atoms with Crippen molar-refractivity contribution in [2.45, 2.75) is 103 Å². The van der Waals surface area contributed by atoms with E-state index < -0.39 is 12.1 Å². The average molecular weight is 515 g/mol. The molecular weight excluding hydrogens is 464 g/mol. The predicted molar refractivity (Wildman–Crippen MR) is 154 cm³/mol. The molecule has 0 aliphatic carbocycles.